The van der Waals surface area contributed by atoms with Gasteiger partial charge in [0.25, 0.3) is 0 Å². The molecule has 0 spiro atoms. The number of pyridine rings is 1. The van der Waals surface area contributed by atoms with E-state index in [1.165, 1.54) is 0 Å². The summed E-state index contributed by atoms with van der Waals surface area (Å²) in [6.45, 7) is 0.396. The van der Waals surface area contributed by atoms with E-state index in [1.54, 1.807) is 24.8 Å². The highest BCUT2D eigenvalue weighted by atomic mass is 16.2. The van der Waals surface area contributed by atoms with Crippen molar-refractivity contribution in [1.82, 2.24) is 10.3 Å². The summed E-state index contributed by atoms with van der Waals surface area (Å²) in [6.07, 6.45) is 6.64. The first-order chi connectivity index (χ1) is 12.8. The third kappa shape index (κ3) is 4.30. The predicted octanol–water partition coefficient (Wildman–Crippen LogP) is 1.85. The summed E-state index contributed by atoms with van der Waals surface area (Å²) < 4.78 is 0. The average molecular weight is 346 g/mol. The Balaban J connectivity index is 1.74. The summed E-state index contributed by atoms with van der Waals surface area (Å²) >= 11 is 0. The molecule has 3 atom stereocenters. The molecule has 2 N–H and O–H groups in total. The van der Waals surface area contributed by atoms with E-state index in [-0.39, 0.29) is 17.9 Å². The topological polar surface area (TPSA) is 103 Å². The van der Waals surface area contributed by atoms with E-state index < -0.39 is 5.92 Å². The lowest BCUT2D eigenvalue weighted by molar-refractivity contribution is -0.125. The van der Waals surface area contributed by atoms with Gasteiger partial charge in [0.2, 0.25) is 5.91 Å². The van der Waals surface area contributed by atoms with Crippen LogP contribution in [0.1, 0.15) is 5.56 Å². The second-order valence-electron chi connectivity index (χ2n) is 5.85. The van der Waals surface area contributed by atoms with Gasteiger partial charge in [0, 0.05) is 42.3 Å². The number of nitriles is 1. The maximum absolute atomic E-state index is 12.0. The molecule has 0 radical (unpaired) electrons. The van der Waals surface area contributed by atoms with Gasteiger partial charge in [-0.25, -0.2) is 0 Å². The first-order valence-electron chi connectivity index (χ1n) is 8.23. The SMILES string of the molecule is N#CC1C(=O)NCC(/C=N/N=C/c2cccnc2)C1Nc1ccccc1. The lowest BCUT2D eigenvalue weighted by atomic mass is 9.85. The number of rotatable bonds is 5. The zero-order chi connectivity index (χ0) is 18.2. The van der Waals surface area contributed by atoms with Gasteiger partial charge in [0.1, 0.15) is 5.92 Å². The Morgan fingerprint density at radius 2 is 2.08 bits per heavy atom. The summed E-state index contributed by atoms with van der Waals surface area (Å²) in [5.41, 5.74) is 1.69. The molecule has 0 saturated carbocycles. The molecule has 1 fully saturated rings. The molecule has 130 valence electrons. The predicted molar refractivity (Wildman–Crippen MR) is 99.8 cm³/mol. The van der Waals surface area contributed by atoms with Gasteiger partial charge in [-0.05, 0) is 18.2 Å². The number of nitrogens with one attached hydrogen (secondary N) is 2. The second kappa shape index (κ2) is 8.53. The highest BCUT2D eigenvalue weighted by Gasteiger charge is 2.38. The molecule has 1 aromatic heterocycles. The van der Waals surface area contributed by atoms with Gasteiger partial charge < -0.3 is 10.6 Å². The van der Waals surface area contributed by atoms with Crippen LogP contribution in [0.3, 0.4) is 0 Å². The Kier molecular flexibility index (Phi) is 5.68. The number of hydrogen-bond acceptors (Lipinski definition) is 6. The van der Waals surface area contributed by atoms with Crippen LogP contribution in [0.25, 0.3) is 0 Å². The van der Waals surface area contributed by atoms with Gasteiger partial charge in [0.05, 0.1) is 18.3 Å². The molecule has 26 heavy (non-hydrogen) atoms. The van der Waals surface area contributed by atoms with Crippen molar-refractivity contribution in [3.8, 4) is 6.07 Å². The third-order valence-corrected chi connectivity index (χ3v) is 4.08. The van der Waals surface area contributed by atoms with Crippen molar-refractivity contribution in [2.45, 2.75) is 6.04 Å². The number of amides is 1. The number of aromatic nitrogens is 1. The Labute approximate surface area is 151 Å². The first kappa shape index (κ1) is 17.3. The number of carbonyl (C=O) groups excluding carboxylic acids is 1. The molecule has 1 aromatic carbocycles. The lowest BCUT2D eigenvalue weighted by Crippen LogP contribution is -2.54. The fraction of sp³-hybridized carbons (Fsp3) is 0.211. The molecule has 0 aliphatic carbocycles. The Hall–Kier alpha value is -3.53. The van der Waals surface area contributed by atoms with Crippen LogP contribution in [0.15, 0.2) is 65.1 Å². The van der Waals surface area contributed by atoms with Crippen LogP contribution in [0, 0.1) is 23.2 Å². The Morgan fingerprint density at radius 3 is 2.81 bits per heavy atom. The fourth-order valence-electron chi connectivity index (χ4n) is 2.74. The zero-order valence-corrected chi connectivity index (χ0v) is 14.0. The fourth-order valence-corrected chi connectivity index (χ4v) is 2.74. The summed E-state index contributed by atoms with van der Waals surface area (Å²) in [5, 5.41) is 23.6. The molecule has 7 heteroatoms. The molecule has 2 aromatic rings. The Morgan fingerprint density at radius 1 is 1.23 bits per heavy atom. The molecule has 7 nitrogen and oxygen atoms in total. The molecule has 3 unspecified atom stereocenters. The summed E-state index contributed by atoms with van der Waals surface area (Å²) in [5.74, 6) is -1.24. The highest BCUT2D eigenvalue weighted by molar-refractivity contribution is 5.85. The largest absolute Gasteiger partial charge is 0.380 e. The van der Waals surface area contributed by atoms with Crippen molar-refractivity contribution in [3.63, 3.8) is 0 Å². The van der Waals surface area contributed by atoms with Crippen LogP contribution in [0.5, 0.6) is 0 Å². The molecular weight excluding hydrogens is 328 g/mol. The van der Waals surface area contributed by atoms with Crippen LogP contribution < -0.4 is 10.6 Å². The van der Waals surface area contributed by atoms with Crippen molar-refractivity contribution in [2.24, 2.45) is 22.0 Å². The standard InChI is InChI=1S/C19H18N6O/c20-9-17-18(25-16-6-2-1-3-7-16)15(12-22-19(17)26)13-24-23-11-14-5-4-8-21-10-14/h1-8,10-11,13,15,17-18,25H,12H2,(H,22,26)/b23-11+,24-13+. The molecule has 3 rings (SSSR count). The summed E-state index contributed by atoms with van der Waals surface area (Å²) in [4.78, 5) is 16.0. The Bertz CT molecular complexity index is 828. The van der Waals surface area contributed by atoms with E-state index in [9.17, 15) is 10.1 Å². The molecule has 1 aliphatic rings. The number of nitrogens with zero attached hydrogens (tertiary/aromatic N) is 4. The van der Waals surface area contributed by atoms with E-state index >= 15 is 0 Å². The van der Waals surface area contributed by atoms with Crippen LogP contribution in [0.4, 0.5) is 5.69 Å². The van der Waals surface area contributed by atoms with Gasteiger partial charge in [-0.2, -0.15) is 15.5 Å². The van der Waals surface area contributed by atoms with Crippen molar-refractivity contribution in [3.05, 3.63) is 60.4 Å². The van der Waals surface area contributed by atoms with E-state index in [0.717, 1.165) is 11.3 Å². The van der Waals surface area contributed by atoms with Crippen LogP contribution in [-0.4, -0.2) is 35.9 Å². The van der Waals surface area contributed by atoms with E-state index in [1.807, 2.05) is 42.5 Å². The van der Waals surface area contributed by atoms with Crippen LogP contribution in [0.2, 0.25) is 0 Å². The molecular formula is C19H18N6O. The van der Waals surface area contributed by atoms with Gasteiger partial charge in [-0.3, -0.25) is 9.78 Å². The van der Waals surface area contributed by atoms with Gasteiger partial charge in [-0.1, -0.05) is 24.3 Å². The molecule has 1 amide bonds. The minimum Gasteiger partial charge on any atom is -0.380 e. The quantitative estimate of drug-likeness (QED) is 0.637. The van der Waals surface area contributed by atoms with Crippen molar-refractivity contribution in [2.75, 3.05) is 11.9 Å². The number of benzene rings is 1. The minimum absolute atomic E-state index is 0.163. The molecule has 1 aliphatic heterocycles. The monoisotopic (exact) mass is 346 g/mol. The number of hydrogen-bond donors (Lipinski definition) is 2. The van der Waals surface area contributed by atoms with Crippen LogP contribution in [-0.2, 0) is 4.79 Å². The molecule has 2 heterocycles. The van der Waals surface area contributed by atoms with Crippen molar-refractivity contribution >= 4 is 24.0 Å². The van der Waals surface area contributed by atoms with Crippen molar-refractivity contribution in [1.29, 1.82) is 5.26 Å². The number of anilines is 1. The second-order valence-corrected chi connectivity index (χ2v) is 5.85. The van der Waals surface area contributed by atoms with Gasteiger partial charge in [-0.15, -0.1) is 0 Å². The maximum atomic E-state index is 12.0. The normalized spacial score (nSPS) is 22.9. The van der Waals surface area contributed by atoms with E-state index in [4.69, 9.17) is 0 Å². The molecule has 1 saturated heterocycles. The first-order valence-corrected chi connectivity index (χ1v) is 8.23. The summed E-state index contributed by atoms with van der Waals surface area (Å²) in [7, 11) is 0. The molecule has 0 bridgehead atoms. The van der Waals surface area contributed by atoms with Gasteiger partial charge in [0.15, 0.2) is 0 Å². The number of carbonyl (C=O) groups is 1. The third-order valence-electron chi connectivity index (χ3n) is 4.08. The van der Waals surface area contributed by atoms with E-state index in [0.29, 0.717) is 6.54 Å². The van der Waals surface area contributed by atoms with Gasteiger partial charge >= 0.3 is 0 Å². The minimum atomic E-state index is -0.803. The van der Waals surface area contributed by atoms with Crippen molar-refractivity contribution < 1.29 is 4.79 Å². The lowest BCUT2D eigenvalue weighted by Gasteiger charge is -2.33. The van der Waals surface area contributed by atoms with E-state index in [2.05, 4.69) is 31.9 Å². The number of para-hydroxylation sites is 1. The number of piperidine rings is 1. The summed E-state index contributed by atoms with van der Waals surface area (Å²) in [6, 6.07) is 14.9. The maximum Gasteiger partial charge on any atom is 0.239 e. The smallest absolute Gasteiger partial charge is 0.239 e. The zero-order valence-electron chi connectivity index (χ0n) is 14.0. The average Bonchev–Trinajstić information content (AvgIpc) is 2.68. The highest BCUT2D eigenvalue weighted by Crippen LogP contribution is 2.22. The van der Waals surface area contributed by atoms with Crippen LogP contribution >= 0.6 is 0 Å².